The largest absolute Gasteiger partial charge is 0.497 e. The highest BCUT2D eigenvalue weighted by Gasteiger charge is 2.44. The first-order chi connectivity index (χ1) is 14.5. The van der Waals surface area contributed by atoms with Gasteiger partial charge in [-0.2, -0.15) is 0 Å². The number of aliphatic hydroxyl groups is 4. The number of anilines is 1. The average Bonchev–Trinajstić information content (AvgIpc) is 2.78. The van der Waals surface area contributed by atoms with Gasteiger partial charge in [-0.15, -0.1) is 0 Å². The maximum Gasteiger partial charge on any atom is 0.119 e. The van der Waals surface area contributed by atoms with E-state index in [0.717, 1.165) is 42.9 Å². The van der Waals surface area contributed by atoms with Crippen LogP contribution in [0.3, 0.4) is 0 Å². The van der Waals surface area contributed by atoms with Crippen LogP contribution in [0.4, 0.5) is 5.69 Å². The van der Waals surface area contributed by atoms with E-state index in [0.29, 0.717) is 5.56 Å². The van der Waals surface area contributed by atoms with E-state index in [4.69, 9.17) is 9.47 Å². The van der Waals surface area contributed by atoms with E-state index in [1.807, 2.05) is 36.4 Å². The van der Waals surface area contributed by atoms with Crippen LogP contribution in [-0.2, 0) is 17.7 Å². The molecule has 0 unspecified atom stereocenters. The van der Waals surface area contributed by atoms with Gasteiger partial charge in [0.15, 0.2) is 0 Å². The molecule has 0 bridgehead atoms. The van der Waals surface area contributed by atoms with Crippen LogP contribution >= 0.6 is 0 Å². The number of aliphatic hydroxyl groups excluding tert-OH is 4. The summed E-state index contributed by atoms with van der Waals surface area (Å²) >= 11 is 0. The number of methoxy groups -OCH3 is 1. The lowest BCUT2D eigenvalue weighted by molar-refractivity contribution is -0.231. The minimum atomic E-state index is -1.38. The molecule has 0 saturated carbocycles. The van der Waals surface area contributed by atoms with E-state index in [1.165, 1.54) is 5.56 Å². The molecule has 2 aliphatic heterocycles. The zero-order chi connectivity index (χ0) is 21.3. The number of fused-ring (bicyclic) bond motifs is 1. The van der Waals surface area contributed by atoms with E-state index in [-0.39, 0.29) is 0 Å². The van der Waals surface area contributed by atoms with E-state index in [2.05, 4.69) is 11.0 Å². The van der Waals surface area contributed by atoms with Gasteiger partial charge in [0.25, 0.3) is 0 Å². The van der Waals surface area contributed by atoms with Crippen LogP contribution in [0.25, 0.3) is 0 Å². The van der Waals surface area contributed by atoms with Gasteiger partial charge in [0.05, 0.1) is 13.7 Å². The molecular formula is C23H29NO6. The SMILES string of the molecule is COc1cccc(CN2CCCc3ccc([C@@H]4O[C@H](CO)[C@@H](O)[C@H](O)[C@H]4O)cc32)c1. The molecule has 7 heteroatoms. The molecule has 2 aromatic rings. The normalized spacial score (nSPS) is 28.8. The molecule has 2 aliphatic rings. The van der Waals surface area contributed by atoms with Crippen molar-refractivity contribution in [2.45, 2.75) is 49.9 Å². The van der Waals surface area contributed by atoms with Gasteiger partial charge >= 0.3 is 0 Å². The highest BCUT2D eigenvalue weighted by Crippen LogP contribution is 2.37. The molecule has 0 aliphatic carbocycles. The monoisotopic (exact) mass is 415 g/mol. The fourth-order valence-electron chi connectivity index (χ4n) is 4.38. The second kappa shape index (κ2) is 8.91. The van der Waals surface area contributed by atoms with Crippen molar-refractivity contribution in [2.75, 3.05) is 25.2 Å². The van der Waals surface area contributed by atoms with Crippen LogP contribution in [0, 0.1) is 0 Å². The molecule has 162 valence electrons. The van der Waals surface area contributed by atoms with Gasteiger partial charge < -0.3 is 34.8 Å². The van der Waals surface area contributed by atoms with Crippen molar-refractivity contribution >= 4 is 5.69 Å². The lowest BCUT2D eigenvalue weighted by Crippen LogP contribution is -2.55. The Kier molecular flexibility index (Phi) is 6.26. The summed E-state index contributed by atoms with van der Waals surface area (Å²) in [5.74, 6) is 0.819. The molecule has 5 atom stereocenters. The minimum Gasteiger partial charge on any atom is -0.497 e. The van der Waals surface area contributed by atoms with Crippen molar-refractivity contribution in [2.24, 2.45) is 0 Å². The van der Waals surface area contributed by atoms with E-state index >= 15 is 0 Å². The molecule has 1 fully saturated rings. The number of aryl methyl sites for hydroxylation is 1. The van der Waals surface area contributed by atoms with Gasteiger partial charge in [-0.3, -0.25) is 0 Å². The van der Waals surface area contributed by atoms with E-state index in [1.54, 1.807) is 7.11 Å². The van der Waals surface area contributed by atoms with Crippen molar-refractivity contribution in [1.82, 2.24) is 0 Å². The summed E-state index contributed by atoms with van der Waals surface area (Å²) in [4.78, 5) is 2.29. The Labute approximate surface area is 176 Å². The van der Waals surface area contributed by atoms with Crippen molar-refractivity contribution < 1.29 is 29.9 Å². The number of rotatable bonds is 5. The number of nitrogens with zero attached hydrogens (tertiary/aromatic N) is 1. The highest BCUT2D eigenvalue weighted by molar-refractivity contribution is 5.58. The number of ether oxygens (including phenoxy) is 2. The van der Waals surface area contributed by atoms with Crippen LogP contribution in [0.1, 0.15) is 29.2 Å². The third-order valence-corrected chi connectivity index (χ3v) is 6.05. The summed E-state index contributed by atoms with van der Waals surface area (Å²) in [6, 6.07) is 13.9. The summed E-state index contributed by atoms with van der Waals surface area (Å²) in [6.07, 6.45) is -3.75. The molecule has 2 heterocycles. The van der Waals surface area contributed by atoms with Crippen LogP contribution in [-0.4, -0.2) is 65.1 Å². The lowest BCUT2D eigenvalue weighted by Gasteiger charge is -2.41. The van der Waals surface area contributed by atoms with Gasteiger partial charge in [-0.25, -0.2) is 0 Å². The summed E-state index contributed by atoms with van der Waals surface area (Å²) in [5.41, 5.74) is 4.14. The van der Waals surface area contributed by atoms with Gasteiger partial charge in [0, 0.05) is 18.8 Å². The quantitative estimate of drug-likeness (QED) is 0.581. The lowest BCUT2D eigenvalue weighted by atomic mass is 9.89. The van der Waals surface area contributed by atoms with Crippen LogP contribution < -0.4 is 9.64 Å². The van der Waals surface area contributed by atoms with Gasteiger partial charge in [-0.1, -0.05) is 24.3 Å². The van der Waals surface area contributed by atoms with Gasteiger partial charge in [-0.05, 0) is 47.7 Å². The second-order valence-electron chi connectivity index (χ2n) is 8.01. The Morgan fingerprint density at radius 3 is 2.67 bits per heavy atom. The fraction of sp³-hybridized carbons (Fsp3) is 0.478. The smallest absolute Gasteiger partial charge is 0.119 e. The topological polar surface area (TPSA) is 103 Å². The first kappa shape index (κ1) is 21.1. The molecule has 2 aromatic carbocycles. The Balaban J connectivity index is 1.62. The number of benzene rings is 2. The number of hydrogen-bond acceptors (Lipinski definition) is 7. The molecule has 4 N–H and O–H groups in total. The predicted molar refractivity (Wildman–Crippen MR) is 112 cm³/mol. The summed E-state index contributed by atoms with van der Waals surface area (Å²) in [6.45, 7) is 1.19. The third kappa shape index (κ3) is 4.04. The molecule has 0 radical (unpaired) electrons. The zero-order valence-electron chi connectivity index (χ0n) is 17.0. The first-order valence-electron chi connectivity index (χ1n) is 10.3. The number of hydrogen-bond donors (Lipinski definition) is 4. The van der Waals surface area contributed by atoms with Crippen molar-refractivity contribution in [3.8, 4) is 5.75 Å². The van der Waals surface area contributed by atoms with Crippen molar-refractivity contribution in [3.63, 3.8) is 0 Å². The first-order valence-corrected chi connectivity index (χ1v) is 10.3. The zero-order valence-corrected chi connectivity index (χ0v) is 17.0. The highest BCUT2D eigenvalue weighted by atomic mass is 16.5. The molecule has 4 rings (SSSR count). The van der Waals surface area contributed by atoms with Crippen LogP contribution in [0.5, 0.6) is 5.75 Å². The standard InChI is InChI=1S/C23H29NO6/c1-29-17-6-2-4-14(10-17)12-24-9-3-5-15-7-8-16(11-18(15)24)23-22(28)21(27)20(26)19(13-25)30-23/h2,4,6-8,10-11,19-23,25-28H,3,5,9,12-13H2,1H3/t19-,20-,21+,22-,23+/m1/s1. The molecular weight excluding hydrogens is 386 g/mol. The predicted octanol–water partition coefficient (Wildman–Crippen LogP) is 1.16. The minimum absolute atomic E-state index is 0.436. The Hall–Kier alpha value is -2.16. The summed E-state index contributed by atoms with van der Waals surface area (Å²) in [5, 5.41) is 40.2. The Morgan fingerprint density at radius 2 is 1.90 bits per heavy atom. The van der Waals surface area contributed by atoms with Crippen molar-refractivity contribution in [3.05, 3.63) is 59.2 Å². The molecule has 7 nitrogen and oxygen atoms in total. The van der Waals surface area contributed by atoms with Crippen LogP contribution in [0.15, 0.2) is 42.5 Å². The summed E-state index contributed by atoms with van der Waals surface area (Å²) < 4.78 is 11.1. The Morgan fingerprint density at radius 1 is 1.07 bits per heavy atom. The van der Waals surface area contributed by atoms with E-state index in [9.17, 15) is 20.4 Å². The maximum absolute atomic E-state index is 10.5. The van der Waals surface area contributed by atoms with Crippen molar-refractivity contribution in [1.29, 1.82) is 0 Å². The molecule has 0 aromatic heterocycles. The maximum atomic E-state index is 10.5. The van der Waals surface area contributed by atoms with Gasteiger partial charge in [0.2, 0.25) is 0 Å². The summed E-state index contributed by atoms with van der Waals surface area (Å²) in [7, 11) is 1.65. The Bertz CT molecular complexity index is 873. The molecule has 0 amide bonds. The van der Waals surface area contributed by atoms with E-state index < -0.39 is 37.1 Å². The molecule has 1 saturated heterocycles. The molecule has 0 spiro atoms. The third-order valence-electron chi connectivity index (χ3n) is 6.05. The second-order valence-corrected chi connectivity index (χ2v) is 8.01. The van der Waals surface area contributed by atoms with Crippen LogP contribution in [0.2, 0.25) is 0 Å². The van der Waals surface area contributed by atoms with Gasteiger partial charge in [0.1, 0.15) is 36.3 Å². The molecule has 30 heavy (non-hydrogen) atoms. The fourth-order valence-corrected chi connectivity index (χ4v) is 4.38. The average molecular weight is 415 g/mol.